The second kappa shape index (κ2) is 6.24. The van der Waals surface area contributed by atoms with Gasteiger partial charge in [0.05, 0.1) is 0 Å². The molecule has 3 heteroatoms. The first-order valence-corrected chi connectivity index (χ1v) is 6.09. The van der Waals surface area contributed by atoms with E-state index in [1.165, 1.54) is 0 Å². The molecule has 3 nitrogen and oxygen atoms in total. The van der Waals surface area contributed by atoms with Crippen molar-refractivity contribution in [2.45, 2.75) is 60.1 Å². The topological polar surface area (TPSA) is 38.3 Å². The number of rotatable bonds is 5. The van der Waals surface area contributed by atoms with Crippen LogP contribution in [0.1, 0.15) is 48.5 Å². The standard InChI is InChI=1S/C13H27NO2/c1-9(2)8-14-11(10(3)4)12(15)16-13(5,6)7/h9-11,14H,8H2,1-7H3/t11-/m1/s1. The predicted octanol–water partition coefficient (Wildman–Crippen LogP) is 2.60. The molecule has 0 aromatic carbocycles. The van der Waals surface area contributed by atoms with Crippen molar-refractivity contribution in [2.24, 2.45) is 11.8 Å². The van der Waals surface area contributed by atoms with Crippen LogP contribution in [0.15, 0.2) is 0 Å². The molecule has 1 N–H and O–H groups in total. The van der Waals surface area contributed by atoms with E-state index in [0.29, 0.717) is 5.92 Å². The van der Waals surface area contributed by atoms with Gasteiger partial charge in [0.2, 0.25) is 0 Å². The lowest BCUT2D eigenvalue weighted by Crippen LogP contribution is -2.45. The summed E-state index contributed by atoms with van der Waals surface area (Å²) in [4.78, 5) is 11.9. The molecule has 1 atom stereocenters. The molecule has 0 saturated carbocycles. The van der Waals surface area contributed by atoms with Crippen LogP contribution in [0, 0.1) is 11.8 Å². The normalized spacial score (nSPS) is 14.3. The number of ether oxygens (including phenoxy) is 1. The van der Waals surface area contributed by atoms with Gasteiger partial charge in [0.25, 0.3) is 0 Å². The fourth-order valence-corrected chi connectivity index (χ4v) is 1.32. The Balaban J connectivity index is 4.36. The predicted molar refractivity (Wildman–Crippen MR) is 67.3 cm³/mol. The molecule has 0 amide bonds. The average Bonchev–Trinajstić information content (AvgIpc) is 1.98. The molecule has 0 aromatic rings. The maximum Gasteiger partial charge on any atom is 0.323 e. The molecule has 0 bridgehead atoms. The Hall–Kier alpha value is -0.570. The first kappa shape index (κ1) is 15.4. The molecule has 0 aliphatic carbocycles. The maximum atomic E-state index is 11.9. The van der Waals surface area contributed by atoms with Gasteiger partial charge in [-0.25, -0.2) is 0 Å². The Bertz CT molecular complexity index is 216. The number of hydrogen-bond acceptors (Lipinski definition) is 3. The van der Waals surface area contributed by atoms with E-state index < -0.39 is 5.60 Å². The Labute approximate surface area is 99.9 Å². The first-order valence-electron chi connectivity index (χ1n) is 6.09. The molecule has 96 valence electrons. The van der Waals surface area contributed by atoms with E-state index in [9.17, 15) is 4.79 Å². The quantitative estimate of drug-likeness (QED) is 0.736. The Kier molecular flexibility index (Phi) is 6.01. The molecule has 0 rings (SSSR count). The zero-order chi connectivity index (χ0) is 12.9. The highest BCUT2D eigenvalue weighted by molar-refractivity contribution is 5.76. The monoisotopic (exact) mass is 229 g/mol. The molecule has 0 unspecified atom stereocenters. The van der Waals surface area contributed by atoms with Crippen molar-refractivity contribution >= 4 is 5.97 Å². The van der Waals surface area contributed by atoms with Crippen LogP contribution in [0.25, 0.3) is 0 Å². The van der Waals surface area contributed by atoms with Crippen molar-refractivity contribution in [1.29, 1.82) is 0 Å². The molecule has 0 aromatic heterocycles. The maximum absolute atomic E-state index is 11.9. The largest absolute Gasteiger partial charge is 0.459 e. The smallest absolute Gasteiger partial charge is 0.323 e. The van der Waals surface area contributed by atoms with Crippen molar-refractivity contribution in [3.63, 3.8) is 0 Å². The third-order valence-corrected chi connectivity index (χ3v) is 2.07. The number of esters is 1. The van der Waals surface area contributed by atoms with E-state index in [-0.39, 0.29) is 17.9 Å². The van der Waals surface area contributed by atoms with Crippen molar-refractivity contribution in [3.8, 4) is 0 Å². The number of hydrogen-bond donors (Lipinski definition) is 1. The summed E-state index contributed by atoms with van der Waals surface area (Å²) < 4.78 is 5.39. The lowest BCUT2D eigenvalue weighted by atomic mass is 10.0. The van der Waals surface area contributed by atoms with Gasteiger partial charge < -0.3 is 10.1 Å². The fraction of sp³-hybridized carbons (Fsp3) is 0.923. The minimum atomic E-state index is -0.413. The zero-order valence-corrected chi connectivity index (χ0v) is 11.8. The molecule has 0 aliphatic heterocycles. The Morgan fingerprint density at radius 3 is 2.00 bits per heavy atom. The molecular formula is C13H27NO2. The highest BCUT2D eigenvalue weighted by Crippen LogP contribution is 2.12. The van der Waals surface area contributed by atoms with E-state index in [0.717, 1.165) is 6.54 Å². The van der Waals surface area contributed by atoms with E-state index in [4.69, 9.17) is 4.74 Å². The van der Waals surface area contributed by atoms with Crippen LogP contribution >= 0.6 is 0 Å². The van der Waals surface area contributed by atoms with E-state index >= 15 is 0 Å². The van der Waals surface area contributed by atoms with Crippen LogP contribution in [0.2, 0.25) is 0 Å². The van der Waals surface area contributed by atoms with Crippen LogP contribution in [0.3, 0.4) is 0 Å². The molecule has 0 fully saturated rings. The van der Waals surface area contributed by atoms with Gasteiger partial charge in [-0.15, -0.1) is 0 Å². The number of carbonyl (C=O) groups is 1. The lowest BCUT2D eigenvalue weighted by molar-refractivity contribution is -0.158. The average molecular weight is 229 g/mol. The summed E-state index contributed by atoms with van der Waals surface area (Å²) in [6.45, 7) is 14.8. The number of nitrogens with one attached hydrogen (secondary N) is 1. The highest BCUT2D eigenvalue weighted by atomic mass is 16.6. The molecule has 0 saturated heterocycles. The minimum Gasteiger partial charge on any atom is -0.459 e. The molecular weight excluding hydrogens is 202 g/mol. The van der Waals surface area contributed by atoms with Crippen molar-refractivity contribution in [1.82, 2.24) is 5.32 Å². The number of carbonyl (C=O) groups excluding carboxylic acids is 1. The Morgan fingerprint density at radius 2 is 1.69 bits per heavy atom. The second-order valence-corrected chi connectivity index (χ2v) is 6.06. The molecule has 16 heavy (non-hydrogen) atoms. The Morgan fingerprint density at radius 1 is 1.19 bits per heavy atom. The minimum absolute atomic E-state index is 0.150. The molecule has 0 heterocycles. The van der Waals surface area contributed by atoms with E-state index in [1.54, 1.807) is 0 Å². The van der Waals surface area contributed by atoms with Gasteiger partial charge in [-0.3, -0.25) is 4.79 Å². The van der Waals surface area contributed by atoms with Crippen LogP contribution in [-0.2, 0) is 9.53 Å². The van der Waals surface area contributed by atoms with Crippen LogP contribution in [0.5, 0.6) is 0 Å². The van der Waals surface area contributed by atoms with E-state index in [1.807, 2.05) is 34.6 Å². The molecule has 0 spiro atoms. The summed E-state index contributed by atoms with van der Waals surface area (Å²) in [5.41, 5.74) is -0.413. The summed E-state index contributed by atoms with van der Waals surface area (Å²) in [5.74, 6) is 0.625. The first-order chi connectivity index (χ1) is 7.13. The lowest BCUT2D eigenvalue weighted by Gasteiger charge is -2.27. The summed E-state index contributed by atoms with van der Waals surface area (Å²) in [7, 11) is 0. The van der Waals surface area contributed by atoms with Crippen LogP contribution in [0.4, 0.5) is 0 Å². The van der Waals surface area contributed by atoms with Gasteiger partial charge in [0.1, 0.15) is 11.6 Å². The highest BCUT2D eigenvalue weighted by Gasteiger charge is 2.27. The van der Waals surface area contributed by atoms with Crippen molar-refractivity contribution in [3.05, 3.63) is 0 Å². The molecule has 0 radical (unpaired) electrons. The van der Waals surface area contributed by atoms with Gasteiger partial charge in [0.15, 0.2) is 0 Å². The molecule has 0 aliphatic rings. The van der Waals surface area contributed by atoms with E-state index in [2.05, 4.69) is 19.2 Å². The van der Waals surface area contributed by atoms with Gasteiger partial charge in [-0.2, -0.15) is 0 Å². The van der Waals surface area contributed by atoms with Gasteiger partial charge in [-0.05, 0) is 39.2 Å². The van der Waals surface area contributed by atoms with Gasteiger partial charge in [0, 0.05) is 0 Å². The fourth-order valence-electron chi connectivity index (χ4n) is 1.32. The summed E-state index contributed by atoms with van der Waals surface area (Å²) in [6, 6.07) is -0.207. The van der Waals surface area contributed by atoms with Gasteiger partial charge in [-0.1, -0.05) is 27.7 Å². The van der Waals surface area contributed by atoms with Gasteiger partial charge >= 0.3 is 5.97 Å². The summed E-state index contributed by atoms with van der Waals surface area (Å²) in [6.07, 6.45) is 0. The SMILES string of the molecule is CC(C)CN[C@@H](C(=O)OC(C)(C)C)C(C)C. The summed E-state index contributed by atoms with van der Waals surface area (Å²) >= 11 is 0. The van der Waals surface area contributed by atoms with Crippen molar-refractivity contribution < 1.29 is 9.53 Å². The second-order valence-electron chi connectivity index (χ2n) is 6.06. The third-order valence-electron chi connectivity index (χ3n) is 2.07. The van der Waals surface area contributed by atoms with Crippen molar-refractivity contribution in [2.75, 3.05) is 6.54 Å². The zero-order valence-electron chi connectivity index (χ0n) is 11.8. The van der Waals surface area contributed by atoms with Crippen LogP contribution in [-0.4, -0.2) is 24.2 Å². The third kappa shape index (κ3) is 6.83. The summed E-state index contributed by atoms with van der Waals surface area (Å²) in [5, 5.41) is 3.27. The van der Waals surface area contributed by atoms with Crippen LogP contribution < -0.4 is 5.32 Å².